The summed E-state index contributed by atoms with van der Waals surface area (Å²) in [6.07, 6.45) is 5.01. The minimum Gasteiger partial charge on any atom is -0.324 e. The van der Waals surface area contributed by atoms with Crippen LogP contribution < -0.4 is 9.86 Å². The van der Waals surface area contributed by atoms with Crippen molar-refractivity contribution in [1.82, 2.24) is 19.4 Å². The van der Waals surface area contributed by atoms with Crippen molar-refractivity contribution in [3.05, 3.63) is 72.7 Å². The van der Waals surface area contributed by atoms with Crippen LogP contribution in [0, 0.1) is 0 Å². The summed E-state index contributed by atoms with van der Waals surface area (Å²) in [5, 5.41) is 3.07. The van der Waals surface area contributed by atoms with Gasteiger partial charge in [0.2, 0.25) is 0 Å². The fraction of sp³-hybridized carbons (Fsp3) is 0.304. The number of amides is 1. The number of hydrogen-bond donors (Lipinski definition) is 2. The standard InChI is InChI=1S/C23H28N6O3S/c1-27(21-10-12-28(13-11-21)15-18-6-3-2-4-7-18)23(30)29-16-22(25-17-29)19-8-5-9-20(14-19)26-33(24,31)32/h2-9,14,16-17,21,26H,10-13,15H2,1H3,(H2,24,31,32)/p+1. The van der Waals surface area contributed by atoms with Crippen molar-refractivity contribution in [2.75, 3.05) is 24.9 Å². The smallest absolute Gasteiger partial charge is 0.324 e. The zero-order valence-corrected chi connectivity index (χ0v) is 19.4. The van der Waals surface area contributed by atoms with Gasteiger partial charge in [0.1, 0.15) is 6.33 Å². The van der Waals surface area contributed by atoms with Crippen molar-refractivity contribution in [1.29, 1.82) is 0 Å². The third kappa shape index (κ3) is 5.98. The Morgan fingerprint density at radius 3 is 2.58 bits per heavy atom. The highest BCUT2D eigenvalue weighted by molar-refractivity contribution is 7.85. The van der Waals surface area contributed by atoms with E-state index in [1.807, 2.05) is 19.2 Å². The van der Waals surface area contributed by atoms with Gasteiger partial charge in [-0.3, -0.25) is 9.47 Å². The van der Waals surface area contributed by atoms with E-state index in [-0.39, 0.29) is 12.1 Å². The third-order valence-electron chi connectivity index (χ3n) is 5.89. The average molecular weight is 470 g/mol. The van der Waals surface area contributed by atoms with Crippen LogP contribution in [0.1, 0.15) is 18.4 Å². The van der Waals surface area contributed by atoms with Crippen LogP contribution in [-0.2, 0) is 16.8 Å². The van der Waals surface area contributed by atoms with Gasteiger partial charge in [-0.15, -0.1) is 0 Å². The van der Waals surface area contributed by atoms with Crippen LogP contribution in [0.4, 0.5) is 10.5 Å². The Kier molecular flexibility index (Phi) is 6.77. The molecule has 4 rings (SSSR count). The van der Waals surface area contributed by atoms with E-state index in [1.165, 1.54) is 16.5 Å². The Morgan fingerprint density at radius 1 is 1.15 bits per heavy atom. The van der Waals surface area contributed by atoms with Crippen molar-refractivity contribution < 1.29 is 18.4 Å². The Hall–Kier alpha value is -3.21. The van der Waals surface area contributed by atoms with Gasteiger partial charge in [-0.2, -0.15) is 8.42 Å². The molecule has 3 aromatic rings. The first-order chi connectivity index (χ1) is 15.8. The molecule has 0 radical (unpaired) electrons. The lowest BCUT2D eigenvalue weighted by atomic mass is 10.0. The quantitative estimate of drug-likeness (QED) is 0.573. The van der Waals surface area contributed by atoms with E-state index in [1.54, 1.807) is 29.3 Å². The molecule has 174 valence electrons. The number of likely N-dealkylation sites (tertiary alicyclic amines) is 1. The van der Waals surface area contributed by atoms with Gasteiger partial charge >= 0.3 is 16.2 Å². The summed E-state index contributed by atoms with van der Waals surface area (Å²) in [6.45, 7) is 2.82. The van der Waals surface area contributed by atoms with Gasteiger partial charge in [-0.1, -0.05) is 42.5 Å². The molecule has 10 heteroatoms. The second kappa shape index (κ2) is 9.74. The van der Waals surface area contributed by atoms with Gasteiger partial charge < -0.3 is 4.90 Å². The molecule has 0 saturated carbocycles. The SMILES string of the molecule is CN(C(=O)n1cnc(-c2cccc(NS([NH3+])(=O)=O)c2)c1)C1CCN(Cc2ccccc2)CC1. The first-order valence-corrected chi connectivity index (χ1v) is 12.5. The minimum atomic E-state index is -3.62. The van der Waals surface area contributed by atoms with E-state index in [2.05, 4.69) is 44.0 Å². The van der Waals surface area contributed by atoms with E-state index < -0.39 is 10.2 Å². The monoisotopic (exact) mass is 469 g/mol. The summed E-state index contributed by atoms with van der Waals surface area (Å²) in [4.78, 5) is 21.6. The van der Waals surface area contributed by atoms with Crippen LogP contribution in [0.5, 0.6) is 0 Å². The van der Waals surface area contributed by atoms with Crippen LogP contribution in [0.15, 0.2) is 67.1 Å². The Bertz CT molecular complexity index is 1200. The molecular formula is C23H29N6O3S+. The molecule has 0 atom stereocenters. The van der Waals surface area contributed by atoms with Crippen LogP contribution in [-0.4, -0.2) is 60.0 Å². The molecule has 1 saturated heterocycles. The first kappa shape index (κ1) is 23.0. The second-order valence-corrected chi connectivity index (χ2v) is 9.78. The molecule has 1 aromatic heterocycles. The summed E-state index contributed by atoms with van der Waals surface area (Å²) in [5.41, 5.74) is 2.98. The molecule has 2 heterocycles. The van der Waals surface area contributed by atoms with Crippen LogP contribution >= 0.6 is 0 Å². The van der Waals surface area contributed by atoms with Gasteiger partial charge in [0.15, 0.2) is 0 Å². The number of nitrogens with one attached hydrogen (secondary N) is 1. The topological polar surface area (TPSA) is 115 Å². The van der Waals surface area contributed by atoms with Gasteiger partial charge in [-0.25, -0.2) is 19.6 Å². The summed E-state index contributed by atoms with van der Waals surface area (Å²) >= 11 is 0. The van der Waals surface area contributed by atoms with Crippen molar-refractivity contribution in [3.8, 4) is 11.3 Å². The van der Waals surface area contributed by atoms with E-state index >= 15 is 0 Å². The molecule has 9 nitrogen and oxygen atoms in total. The van der Waals surface area contributed by atoms with Gasteiger partial charge in [0.05, 0.1) is 11.4 Å². The highest BCUT2D eigenvalue weighted by Gasteiger charge is 2.26. The fourth-order valence-corrected chi connectivity index (χ4v) is 4.63. The number of anilines is 1. The molecule has 33 heavy (non-hydrogen) atoms. The maximum atomic E-state index is 13.1. The highest BCUT2D eigenvalue weighted by atomic mass is 32.2. The van der Waals surface area contributed by atoms with E-state index in [9.17, 15) is 13.2 Å². The molecule has 4 N–H and O–H groups in total. The molecule has 0 spiro atoms. The highest BCUT2D eigenvalue weighted by Crippen LogP contribution is 2.23. The largest absolute Gasteiger partial charge is 0.389 e. The van der Waals surface area contributed by atoms with Crippen LogP contribution in [0.2, 0.25) is 0 Å². The zero-order valence-electron chi connectivity index (χ0n) is 18.6. The maximum absolute atomic E-state index is 13.1. The minimum absolute atomic E-state index is 0.134. The Labute approximate surface area is 194 Å². The lowest BCUT2D eigenvalue weighted by molar-refractivity contribution is -0.163. The molecule has 0 unspecified atom stereocenters. The van der Waals surface area contributed by atoms with E-state index in [0.29, 0.717) is 16.9 Å². The Morgan fingerprint density at radius 2 is 1.88 bits per heavy atom. The fourth-order valence-electron chi connectivity index (χ4n) is 4.14. The second-order valence-electron chi connectivity index (χ2n) is 8.35. The maximum Gasteiger partial charge on any atom is 0.389 e. The number of piperidine rings is 1. The lowest BCUT2D eigenvalue weighted by Gasteiger charge is -2.36. The predicted octanol–water partition coefficient (Wildman–Crippen LogP) is 2.01. The Balaban J connectivity index is 1.37. The van der Waals surface area contributed by atoms with E-state index in [0.717, 1.165) is 32.5 Å². The third-order valence-corrected chi connectivity index (χ3v) is 6.44. The van der Waals surface area contributed by atoms with Crippen LogP contribution in [0.25, 0.3) is 11.3 Å². The summed E-state index contributed by atoms with van der Waals surface area (Å²) in [7, 11) is -1.78. The molecule has 0 bridgehead atoms. The summed E-state index contributed by atoms with van der Waals surface area (Å²) in [5.74, 6) is 0. The first-order valence-electron chi connectivity index (χ1n) is 10.8. The van der Waals surface area contributed by atoms with Crippen molar-refractivity contribution >= 4 is 21.9 Å². The molecular weight excluding hydrogens is 440 g/mol. The molecule has 1 aliphatic rings. The number of nitrogens with zero attached hydrogens (tertiary/aromatic N) is 4. The normalized spacial score (nSPS) is 15.3. The number of imidazole rings is 1. The summed E-state index contributed by atoms with van der Waals surface area (Å²) < 4.78 is 26.6. The number of carbonyl (C=O) groups excluding carboxylic acids is 1. The zero-order chi connectivity index (χ0) is 23.4. The molecule has 1 fully saturated rings. The molecule has 1 amide bonds. The van der Waals surface area contributed by atoms with Gasteiger partial charge in [0, 0.05) is 44.5 Å². The van der Waals surface area contributed by atoms with Crippen molar-refractivity contribution in [3.63, 3.8) is 0 Å². The van der Waals surface area contributed by atoms with E-state index in [4.69, 9.17) is 0 Å². The molecule has 0 aliphatic carbocycles. The van der Waals surface area contributed by atoms with Crippen molar-refractivity contribution in [2.45, 2.75) is 25.4 Å². The average Bonchev–Trinajstić information content (AvgIpc) is 3.29. The number of rotatable bonds is 6. The number of benzene rings is 2. The molecule has 2 aromatic carbocycles. The van der Waals surface area contributed by atoms with Crippen LogP contribution in [0.3, 0.4) is 0 Å². The number of quaternary nitrogens is 1. The number of hydrogen-bond acceptors (Lipinski definition) is 5. The predicted molar refractivity (Wildman–Crippen MR) is 126 cm³/mol. The number of aromatic nitrogens is 2. The summed E-state index contributed by atoms with van der Waals surface area (Å²) in [6, 6.07) is 17.3. The number of carbonyl (C=O) groups is 1. The van der Waals surface area contributed by atoms with Gasteiger partial charge in [0.25, 0.3) is 0 Å². The lowest BCUT2D eigenvalue weighted by Crippen LogP contribution is -2.59. The molecule has 1 aliphatic heterocycles. The van der Waals surface area contributed by atoms with Crippen molar-refractivity contribution in [2.24, 2.45) is 0 Å². The van der Waals surface area contributed by atoms with Gasteiger partial charge in [-0.05, 0) is 30.5 Å².